The number of nitrogens with zero attached hydrogens (tertiary/aromatic N) is 2. The minimum Gasteiger partial charge on any atom is -0.490 e. The van der Waals surface area contributed by atoms with Crippen LogP contribution in [-0.2, 0) is 5.75 Å². The molecule has 1 aliphatic heterocycles. The average Bonchev–Trinajstić information content (AvgIpc) is 2.89. The third-order valence-electron chi connectivity index (χ3n) is 2.46. The summed E-state index contributed by atoms with van der Waals surface area (Å²) in [6.45, 7) is 1.66. The standard InChI is InChI=1S/C11H13N3O3S.ClH/c1-17-10-3-2-8(6-9(10)14(15)16)7-18-11-12-4-5-13-11;/h2-3,6H,4-5,7H2,1H3,(H,12,13);1H. The first-order valence-corrected chi connectivity index (χ1v) is 6.41. The number of benzene rings is 1. The van der Waals surface area contributed by atoms with Gasteiger partial charge in [-0.3, -0.25) is 15.1 Å². The van der Waals surface area contributed by atoms with Crippen LogP contribution in [0.5, 0.6) is 5.75 Å². The quantitative estimate of drug-likeness (QED) is 0.681. The number of aliphatic imine (C=N–C) groups is 1. The highest BCUT2D eigenvalue weighted by atomic mass is 35.5. The third-order valence-corrected chi connectivity index (χ3v) is 3.48. The summed E-state index contributed by atoms with van der Waals surface area (Å²) in [7, 11) is 1.42. The second-order valence-corrected chi connectivity index (χ2v) is 4.63. The molecule has 0 aromatic heterocycles. The predicted molar refractivity (Wildman–Crippen MR) is 78.5 cm³/mol. The molecule has 0 saturated heterocycles. The predicted octanol–water partition coefficient (Wildman–Crippen LogP) is 2.22. The van der Waals surface area contributed by atoms with E-state index in [4.69, 9.17) is 4.74 Å². The molecule has 0 saturated carbocycles. The molecular formula is C11H14ClN3O3S. The van der Waals surface area contributed by atoms with E-state index in [1.165, 1.54) is 7.11 Å². The van der Waals surface area contributed by atoms with Crippen LogP contribution < -0.4 is 10.1 Å². The zero-order valence-electron chi connectivity index (χ0n) is 10.3. The van der Waals surface area contributed by atoms with Crippen LogP contribution in [0.4, 0.5) is 5.69 Å². The van der Waals surface area contributed by atoms with Gasteiger partial charge in [-0.25, -0.2) is 0 Å². The normalized spacial score (nSPS) is 13.2. The molecule has 1 aliphatic rings. The number of halogens is 1. The van der Waals surface area contributed by atoms with E-state index in [-0.39, 0.29) is 23.8 Å². The number of methoxy groups -OCH3 is 1. The molecule has 1 N–H and O–H groups in total. The van der Waals surface area contributed by atoms with E-state index < -0.39 is 4.92 Å². The lowest BCUT2D eigenvalue weighted by Crippen LogP contribution is -2.15. The molecule has 19 heavy (non-hydrogen) atoms. The highest BCUT2D eigenvalue weighted by Crippen LogP contribution is 2.29. The lowest BCUT2D eigenvalue weighted by atomic mass is 10.2. The van der Waals surface area contributed by atoms with Crippen LogP contribution in [0.2, 0.25) is 0 Å². The second kappa shape index (κ2) is 7.20. The van der Waals surface area contributed by atoms with Crippen molar-refractivity contribution in [2.24, 2.45) is 4.99 Å². The van der Waals surface area contributed by atoms with Crippen molar-refractivity contribution in [2.45, 2.75) is 5.75 Å². The van der Waals surface area contributed by atoms with Gasteiger partial charge in [-0.1, -0.05) is 17.8 Å². The van der Waals surface area contributed by atoms with Crippen LogP contribution in [0, 0.1) is 10.1 Å². The molecule has 6 nitrogen and oxygen atoms in total. The number of hydrogen-bond donors (Lipinski definition) is 1. The Morgan fingerprint density at radius 2 is 2.37 bits per heavy atom. The maximum absolute atomic E-state index is 10.9. The number of nitrogens with one attached hydrogen (secondary N) is 1. The van der Waals surface area contributed by atoms with Gasteiger partial charge in [0, 0.05) is 18.4 Å². The molecule has 0 spiro atoms. The van der Waals surface area contributed by atoms with Gasteiger partial charge in [-0.15, -0.1) is 12.4 Å². The Balaban J connectivity index is 0.00000180. The first-order chi connectivity index (χ1) is 8.70. The largest absolute Gasteiger partial charge is 0.490 e. The Morgan fingerprint density at radius 1 is 1.58 bits per heavy atom. The van der Waals surface area contributed by atoms with Crippen LogP contribution in [0.15, 0.2) is 23.2 Å². The lowest BCUT2D eigenvalue weighted by Gasteiger charge is -2.05. The van der Waals surface area contributed by atoms with E-state index in [9.17, 15) is 10.1 Å². The van der Waals surface area contributed by atoms with Crippen LogP contribution in [0.25, 0.3) is 0 Å². The highest BCUT2D eigenvalue weighted by Gasteiger charge is 2.15. The molecule has 1 heterocycles. The third kappa shape index (κ3) is 4.00. The number of thioether (sulfide) groups is 1. The number of hydrogen-bond acceptors (Lipinski definition) is 6. The number of nitro benzene ring substituents is 1. The van der Waals surface area contributed by atoms with Crippen LogP contribution in [0.1, 0.15) is 5.56 Å². The van der Waals surface area contributed by atoms with E-state index in [0.29, 0.717) is 5.75 Å². The number of ether oxygens (including phenoxy) is 1. The van der Waals surface area contributed by atoms with Crippen molar-refractivity contribution >= 4 is 35.0 Å². The zero-order valence-corrected chi connectivity index (χ0v) is 11.9. The van der Waals surface area contributed by atoms with E-state index in [2.05, 4.69) is 10.3 Å². The SMILES string of the molecule is COc1ccc(CSC2=NCCN2)cc1[N+](=O)[O-].Cl. The van der Waals surface area contributed by atoms with Crippen molar-refractivity contribution in [3.05, 3.63) is 33.9 Å². The summed E-state index contributed by atoms with van der Waals surface area (Å²) in [5.74, 6) is 0.932. The van der Waals surface area contributed by atoms with Crippen LogP contribution in [-0.4, -0.2) is 30.3 Å². The Labute approximate surface area is 121 Å². The van der Waals surface area contributed by atoms with E-state index in [1.54, 1.807) is 23.9 Å². The maximum atomic E-state index is 10.9. The maximum Gasteiger partial charge on any atom is 0.311 e. The Bertz CT molecular complexity index is 496. The summed E-state index contributed by atoms with van der Waals surface area (Å²) in [4.78, 5) is 14.7. The topological polar surface area (TPSA) is 76.8 Å². The molecule has 0 fully saturated rings. The summed E-state index contributed by atoms with van der Waals surface area (Å²) in [6.07, 6.45) is 0. The molecular weight excluding hydrogens is 290 g/mol. The van der Waals surface area contributed by atoms with Gasteiger partial charge in [0.05, 0.1) is 18.6 Å². The van der Waals surface area contributed by atoms with E-state index in [0.717, 1.165) is 23.8 Å². The van der Waals surface area contributed by atoms with Crippen LogP contribution in [0.3, 0.4) is 0 Å². The fourth-order valence-corrected chi connectivity index (χ4v) is 2.46. The van der Waals surface area contributed by atoms with Gasteiger partial charge in [-0.05, 0) is 11.6 Å². The zero-order chi connectivity index (χ0) is 13.0. The molecule has 1 aromatic rings. The summed E-state index contributed by atoms with van der Waals surface area (Å²) in [5.41, 5.74) is 0.876. The van der Waals surface area contributed by atoms with Gasteiger partial charge < -0.3 is 10.1 Å². The summed E-state index contributed by atoms with van der Waals surface area (Å²) < 4.78 is 4.96. The first kappa shape index (κ1) is 15.6. The minimum atomic E-state index is -0.432. The van der Waals surface area contributed by atoms with Crippen LogP contribution >= 0.6 is 24.2 Å². The monoisotopic (exact) mass is 303 g/mol. The molecule has 8 heteroatoms. The fraction of sp³-hybridized carbons (Fsp3) is 0.364. The second-order valence-electron chi connectivity index (χ2n) is 3.67. The molecule has 1 aromatic carbocycles. The Hall–Kier alpha value is -1.47. The van der Waals surface area contributed by atoms with Gasteiger partial charge in [0.25, 0.3) is 0 Å². The Kier molecular flexibility index (Phi) is 5.91. The summed E-state index contributed by atoms with van der Waals surface area (Å²) in [6, 6.07) is 4.99. The van der Waals surface area contributed by atoms with Crippen molar-refractivity contribution in [1.29, 1.82) is 0 Å². The molecule has 0 radical (unpaired) electrons. The van der Waals surface area contributed by atoms with Gasteiger partial charge in [0.15, 0.2) is 10.9 Å². The smallest absolute Gasteiger partial charge is 0.311 e. The Morgan fingerprint density at radius 3 is 2.95 bits per heavy atom. The van der Waals surface area contributed by atoms with Gasteiger partial charge >= 0.3 is 5.69 Å². The lowest BCUT2D eigenvalue weighted by molar-refractivity contribution is -0.385. The van der Waals surface area contributed by atoms with E-state index in [1.807, 2.05) is 6.07 Å². The van der Waals surface area contributed by atoms with Gasteiger partial charge in [-0.2, -0.15) is 0 Å². The average molecular weight is 304 g/mol. The van der Waals surface area contributed by atoms with Crippen molar-refractivity contribution in [2.75, 3.05) is 20.2 Å². The molecule has 0 atom stereocenters. The summed E-state index contributed by atoms with van der Waals surface area (Å²) in [5, 5.41) is 14.9. The molecule has 0 aliphatic carbocycles. The summed E-state index contributed by atoms with van der Waals surface area (Å²) >= 11 is 1.55. The molecule has 0 unspecified atom stereocenters. The molecule has 0 bridgehead atoms. The van der Waals surface area contributed by atoms with E-state index >= 15 is 0 Å². The minimum absolute atomic E-state index is 0. The molecule has 104 valence electrons. The number of rotatable bonds is 4. The molecule has 0 amide bonds. The van der Waals surface area contributed by atoms with Crippen molar-refractivity contribution in [1.82, 2.24) is 5.32 Å². The van der Waals surface area contributed by atoms with Crippen molar-refractivity contribution in [3.63, 3.8) is 0 Å². The van der Waals surface area contributed by atoms with Gasteiger partial charge in [0.2, 0.25) is 0 Å². The first-order valence-electron chi connectivity index (χ1n) is 5.43. The van der Waals surface area contributed by atoms with Crippen molar-refractivity contribution < 1.29 is 9.66 Å². The highest BCUT2D eigenvalue weighted by molar-refractivity contribution is 8.13. The number of amidine groups is 1. The van der Waals surface area contributed by atoms with Crippen molar-refractivity contribution in [3.8, 4) is 5.75 Å². The fourth-order valence-electron chi connectivity index (χ4n) is 1.59. The number of nitro groups is 1. The van der Waals surface area contributed by atoms with Gasteiger partial charge in [0.1, 0.15) is 0 Å². The molecule has 2 rings (SSSR count).